The van der Waals surface area contributed by atoms with Crippen molar-refractivity contribution in [1.82, 2.24) is 9.88 Å². The quantitative estimate of drug-likeness (QED) is 0.462. The minimum atomic E-state index is -0.241. The minimum Gasteiger partial charge on any atom is -0.497 e. The van der Waals surface area contributed by atoms with Gasteiger partial charge < -0.3 is 19.9 Å². The zero-order chi connectivity index (χ0) is 23.7. The summed E-state index contributed by atoms with van der Waals surface area (Å²) in [5.41, 5.74) is 4.08. The lowest BCUT2D eigenvalue weighted by molar-refractivity contribution is 0.250. The third-order valence-corrected chi connectivity index (χ3v) is 5.04. The Morgan fingerprint density at radius 3 is 2.25 bits per heavy atom. The van der Waals surface area contributed by atoms with Crippen molar-refractivity contribution in [3.05, 3.63) is 48.0 Å². The highest BCUT2D eigenvalue weighted by Crippen LogP contribution is 2.35. The molecule has 0 radical (unpaired) electrons. The highest BCUT2D eigenvalue weighted by molar-refractivity contribution is 5.96. The summed E-state index contributed by atoms with van der Waals surface area (Å²) in [5, 5.41) is 16.3. The molecule has 0 aliphatic rings. The van der Waals surface area contributed by atoms with E-state index < -0.39 is 0 Å². The fourth-order valence-electron chi connectivity index (χ4n) is 3.34. The molecule has 0 aliphatic carbocycles. The van der Waals surface area contributed by atoms with Crippen LogP contribution in [0, 0.1) is 11.3 Å². The molecule has 0 saturated carbocycles. The van der Waals surface area contributed by atoms with Crippen LogP contribution in [0.2, 0.25) is 0 Å². The number of ether oxygens (including phenoxy) is 1. The Balaban J connectivity index is 0.000000837. The van der Waals surface area contributed by atoms with Gasteiger partial charge in [-0.3, -0.25) is 0 Å². The van der Waals surface area contributed by atoms with Gasteiger partial charge in [0.05, 0.1) is 23.9 Å². The third kappa shape index (κ3) is 5.82. The molecule has 2 amide bonds. The van der Waals surface area contributed by atoms with Crippen LogP contribution in [0.4, 0.5) is 10.5 Å². The highest BCUT2D eigenvalue weighted by Gasteiger charge is 2.18. The maximum absolute atomic E-state index is 11.9. The molecule has 3 aromatic rings. The van der Waals surface area contributed by atoms with Gasteiger partial charge in [-0.05, 0) is 50.6 Å². The number of hydrogen-bond acceptors (Lipinski definition) is 3. The first kappa shape index (κ1) is 24.8. The van der Waals surface area contributed by atoms with Gasteiger partial charge in [0.1, 0.15) is 11.8 Å². The van der Waals surface area contributed by atoms with Crippen molar-refractivity contribution >= 4 is 22.6 Å². The lowest BCUT2D eigenvalue weighted by Crippen LogP contribution is -2.34. The Hall–Kier alpha value is -3.46. The number of unbranched alkanes of at least 4 members (excludes halogenated alkanes) is 1. The van der Waals surface area contributed by atoms with Crippen LogP contribution in [0.3, 0.4) is 0 Å². The fourth-order valence-corrected chi connectivity index (χ4v) is 3.34. The number of rotatable bonds is 6. The van der Waals surface area contributed by atoms with Gasteiger partial charge >= 0.3 is 6.03 Å². The van der Waals surface area contributed by atoms with Crippen LogP contribution < -0.4 is 15.4 Å². The van der Waals surface area contributed by atoms with Crippen molar-refractivity contribution in [1.29, 1.82) is 5.26 Å². The molecule has 2 N–H and O–H groups in total. The van der Waals surface area contributed by atoms with E-state index >= 15 is 0 Å². The lowest BCUT2D eigenvalue weighted by atomic mass is 10.1. The van der Waals surface area contributed by atoms with E-state index in [1.807, 2.05) is 56.3 Å². The van der Waals surface area contributed by atoms with Crippen LogP contribution in [0.1, 0.15) is 53.0 Å². The monoisotopic (exact) mass is 434 g/mol. The van der Waals surface area contributed by atoms with Gasteiger partial charge in [-0.15, -0.1) is 0 Å². The highest BCUT2D eigenvalue weighted by atomic mass is 16.5. The number of urea groups is 1. The molecule has 32 heavy (non-hydrogen) atoms. The zero-order valence-corrected chi connectivity index (χ0v) is 20.0. The SMILES string of the molecule is CCCC.CCn1c(-c2ccc(NC(=O)NC(C)C)cc2)c(C#N)c2ccc(OC)cc21. The Kier molecular flexibility index (Phi) is 9.15. The van der Waals surface area contributed by atoms with E-state index in [1.54, 1.807) is 7.11 Å². The molecular weight excluding hydrogens is 400 g/mol. The van der Waals surface area contributed by atoms with Crippen LogP contribution in [0.15, 0.2) is 42.5 Å². The van der Waals surface area contributed by atoms with Crippen molar-refractivity contribution in [2.45, 2.75) is 60.0 Å². The van der Waals surface area contributed by atoms with Crippen molar-refractivity contribution in [2.24, 2.45) is 0 Å². The Morgan fingerprint density at radius 1 is 1.09 bits per heavy atom. The zero-order valence-electron chi connectivity index (χ0n) is 20.0. The van der Waals surface area contributed by atoms with Gasteiger partial charge in [0.25, 0.3) is 0 Å². The van der Waals surface area contributed by atoms with E-state index in [1.165, 1.54) is 12.8 Å². The summed E-state index contributed by atoms with van der Waals surface area (Å²) in [7, 11) is 1.63. The number of carbonyl (C=O) groups excluding carboxylic acids is 1. The van der Waals surface area contributed by atoms with Gasteiger partial charge in [0, 0.05) is 29.7 Å². The van der Waals surface area contributed by atoms with Gasteiger partial charge in [0.15, 0.2) is 0 Å². The average Bonchev–Trinajstić information content (AvgIpc) is 3.11. The fraction of sp³-hybridized carbons (Fsp3) is 0.385. The largest absolute Gasteiger partial charge is 0.497 e. The number of aryl methyl sites for hydroxylation is 1. The Bertz CT molecular complexity index is 1070. The van der Waals surface area contributed by atoms with E-state index in [-0.39, 0.29) is 12.1 Å². The molecule has 2 aromatic carbocycles. The Labute approximate surface area is 191 Å². The van der Waals surface area contributed by atoms with E-state index in [0.29, 0.717) is 11.3 Å². The molecular formula is C26H34N4O2. The number of anilines is 1. The maximum atomic E-state index is 11.9. The predicted molar refractivity (Wildman–Crippen MR) is 132 cm³/mol. The molecule has 170 valence electrons. The summed E-state index contributed by atoms with van der Waals surface area (Å²) in [6, 6.07) is 15.5. The van der Waals surface area contributed by atoms with E-state index in [0.717, 1.165) is 34.5 Å². The molecule has 0 bridgehead atoms. The molecule has 0 fully saturated rings. The molecule has 0 atom stereocenters. The summed E-state index contributed by atoms with van der Waals surface area (Å²) < 4.78 is 7.46. The summed E-state index contributed by atoms with van der Waals surface area (Å²) in [5.74, 6) is 0.756. The first-order valence-electron chi connectivity index (χ1n) is 11.2. The summed E-state index contributed by atoms with van der Waals surface area (Å²) in [4.78, 5) is 11.9. The molecule has 3 rings (SSSR count). The van der Waals surface area contributed by atoms with Crippen LogP contribution in [-0.2, 0) is 6.54 Å². The number of carbonyl (C=O) groups is 1. The number of fused-ring (bicyclic) bond motifs is 1. The number of aromatic nitrogens is 1. The van der Waals surface area contributed by atoms with Gasteiger partial charge in [-0.1, -0.05) is 38.8 Å². The lowest BCUT2D eigenvalue weighted by Gasteiger charge is -2.12. The van der Waals surface area contributed by atoms with Crippen molar-refractivity contribution in [3.8, 4) is 23.1 Å². The minimum absolute atomic E-state index is 0.0645. The second kappa shape index (κ2) is 11.8. The summed E-state index contributed by atoms with van der Waals surface area (Å²) >= 11 is 0. The molecule has 1 aromatic heterocycles. The molecule has 0 aliphatic heterocycles. The standard InChI is InChI=1S/C22H24N4O2.C4H10/c1-5-26-20-12-17(28-4)10-11-18(20)19(13-23)21(26)15-6-8-16(9-7-15)25-22(27)24-14(2)3;1-3-4-2/h6-12,14H,5H2,1-4H3,(H2,24,25,27);3-4H2,1-2H3. The topological polar surface area (TPSA) is 79.1 Å². The number of benzene rings is 2. The third-order valence-electron chi connectivity index (χ3n) is 5.04. The second-order valence-electron chi connectivity index (χ2n) is 7.79. The van der Waals surface area contributed by atoms with E-state index in [9.17, 15) is 10.1 Å². The first-order chi connectivity index (χ1) is 15.4. The van der Waals surface area contributed by atoms with Crippen LogP contribution in [-0.4, -0.2) is 23.7 Å². The molecule has 0 spiro atoms. The normalized spacial score (nSPS) is 10.3. The summed E-state index contributed by atoms with van der Waals surface area (Å²) in [6.07, 6.45) is 2.64. The van der Waals surface area contributed by atoms with Crippen molar-refractivity contribution < 1.29 is 9.53 Å². The number of nitrogens with zero attached hydrogens (tertiary/aromatic N) is 2. The smallest absolute Gasteiger partial charge is 0.319 e. The molecule has 0 unspecified atom stereocenters. The first-order valence-corrected chi connectivity index (χ1v) is 11.2. The van der Waals surface area contributed by atoms with Gasteiger partial charge in [-0.25, -0.2) is 4.79 Å². The van der Waals surface area contributed by atoms with Gasteiger partial charge in [-0.2, -0.15) is 5.26 Å². The van der Waals surface area contributed by atoms with Crippen LogP contribution in [0.25, 0.3) is 22.2 Å². The number of nitrogens with one attached hydrogen (secondary N) is 2. The second-order valence-corrected chi connectivity index (χ2v) is 7.79. The molecule has 1 heterocycles. The number of nitriles is 1. The predicted octanol–water partition coefficient (Wildman–Crippen LogP) is 6.54. The molecule has 0 saturated heterocycles. The van der Waals surface area contributed by atoms with E-state index in [2.05, 4.69) is 42.0 Å². The molecule has 6 heteroatoms. The number of amides is 2. The number of methoxy groups -OCH3 is 1. The maximum Gasteiger partial charge on any atom is 0.319 e. The molecule has 6 nitrogen and oxygen atoms in total. The van der Waals surface area contributed by atoms with E-state index in [4.69, 9.17) is 4.74 Å². The van der Waals surface area contributed by atoms with Crippen molar-refractivity contribution in [2.75, 3.05) is 12.4 Å². The van der Waals surface area contributed by atoms with Gasteiger partial charge in [0.2, 0.25) is 0 Å². The van der Waals surface area contributed by atoms with Crippen LogP contribution >= 0.6 is 0 Å². The van der Waals surface area contributed by atoms with Crippen LogP contribution in [0.5, 0.6) is 5.75 Å². The number of hydrogen-bond donors (Lipinski definition) is 2. The summed E-state index contributed by atoms with van der Waals surface area (Å²) in [6.45, 7) is 10.9. The Morgan fingerprint density at radius 2 is 1.75 bits per heavy atom. The van der Waals surface area contributed by atoms with Crippen molar-refractivity contribution in [3.63, 3.8) is 0 Å². The average molecular weight is 435 g/mol.